The zero-order chi connectivity index (χ0) is 30.6. The second-order valence-corrected chi connectivity index (χ2v) is 11.4. The monoisotopic (exact) mass is 610 g/mol. The molecule has 44 heavy (non-hydrogen) atoms. The first-order valence-corrected chi connectivity index (χ1v) is 15.2. The van der Waals surface area contributed by atoms with Gasteiger partial charge in [-0.15, -0.1) is 10.2 Å². The third-order valence-electron chi connectivity index (χ3n) is 8.65. The van der Waals surface area contributed by atoms with E-state index in [0.29, 0.717) is 81.2 Å². The van der Waals surface area contributed by atoms with Crippen LogP contribution in [0.5, 0.6) is 0 Å². The molecule has 0 bridgehead atoms. The summed E-state index contributed by atoms with van der Waals surface area (Å²) in [4.78, 5) is 43.7. The van der Waals surface area contributed by atoms with E-state index in [4.69, 9.17) is 34.1 Å². The fourth-order valence-electron chi connectivity index (χ4n) is 5.88. The van der Waals surface area contributed by atoms with E-state index >= 15 is 0 Å². The van der Waals surface area contributed by atoms with Crippen molar-refractivity contribution in [3.05, 3.63) is 12.2 Å². The Kier molecular flexibility index (Phi) is 9.18. The Bertz CT molecular complexity index is 1440. The van der Waals surface area contributed by atoms with Crippen LogP contribution in [0.4, 0.5) is 23.5 Å². The molecule has 2 saturated heterocycles. The van der Waals surface area contributed by atoms with Gasteiger partial charge in [0.1, 0.15) is 17.4 Å². The number of ether oxygens (including phenoxy) is 3. The number of aromatic nitrogens is 7. The number of hydrogen-bond acceptors (Lipinski definition) is 14. The van der Waals surface area contributed by atoms with E-state index in [-0.39, 0.29) is 18.6 Å². The van der Waals surface area contributed by atoms with Gasteiger partial charge >= 0.3 is 0 Å². The molecule has 2 fully saturated rings. The fraction of sp³-hybridized carbons (Fsp3) is 0.679. The zero-order valence-corrected chi connectivity index (χ0v) is 26.1. The van der Waals surface area contributed by atoms with Crippen LogP contribution < -0.4 is 19.6 Å². The van der Waals surface area contributed by atoms with Crippen LogP contribution in [0, 0.1) is 0 Å². The predicted molar refractivity (Wildman–Crippen MR) is 164 cm³/mol. The third-order valence-corrected chi connectivity index (χ3v) is 8.65. The van der Waals surface area contributed by atoms with Gasteiger partial charge in [0.2, 0.25) is 17.8 Å². The Labute approximate surface area is 256 Å². The van der Waals surface area contributed by atoms with E-state index in [9.17, 15) is 4.79 Å². The number of methoxy groups -OCH3 is 3. The maximum Gasteiger partial charge on any atom is 0.241 e. The first kappa shape index (κ1) is 30.1. The molecule has 0 aliphatic carbocycles. The number of rotatable bonds is 11. The summed E-state index contributed by atoms with van der Waals surface area (Å²) in [5.74, 6) is 3.41. The smallest absolute Gasteiger partial charge is 0.241 e. The molecule has 1 amide bonds. The number of amides is 1. The molecule has 0 spiro atoms. The first-order chi connectivity index (χ1) is 21.5. The highest BCUT2D eigenvalue weighted by Crippen LogP contribution is 2.35. The van der Waals surface area contributed by atoms with Gasteiger partial charge in [0.25, 0.3) is 0 Å². The summed E-state index contributed by atoms with van der Waals surface area (Å²) in [5, 5.41) is 8.39. The molecule has 3 aromatic heterocycles. The molecule has 0 unspecified atom stereocenters. The van der Waals surface area contributed by atoms with E-state index in [1.165, 1.54) is 0 Å². The van der Waals surface area contributed by atoms with Gasteiger partial charge in [-0.25, -0.2) is 9.97 Å². The van der Waals surface area contributed by atoms with Crippen molar-refractivity contribution in [2.45, 2.75) is 32.0 Å². The Balaban J connectivity index is 1.51. The number of fused-ring (bicyclic) bond motifs is 2. The van der Waals surface area contributed by atoms with Crippen LogP contribution >= 0.6 is 0 Å². The second kappa shape index (κ2) is 13.4. The van der Waals surface area contributed by atoms with Crippen LogP contribution in [0.25, 0.3) is 11.0 Å². The average Bonchev–Trinajstić information content (AvgIpc) is 3.53. The number of piperidine rings is 1. The number of anilines is 4. The standard InChI is InChI=1S/C28H42N12O4/c1-35-9-10-38(18-22(35)41)26-24-23(30-27(33-26)37(13-15-42-2)14-16-43-3)25(36-7-5-20(44-4)6-8-36)32-28(31-24)39-11-12-40-19-29-34-21(40)17-39/h19-20H,5-18H2,1-4H3. The molecule has 3 aromatic rings. The summed E-state index contributed by atoms with van der Waals surface area (Å²) in [7, 11) is 6.96. The van der Waals surface area contributed by atoms with Gasteiger partial charge in [-0.05, 0) is 12.8 Å². The van der Waals surface area contributed by atoms with Crippen molar-refractivity contribution in [3.63, 3.8) is 0 Å². The highest BCUT2D eigenvalue weighted by molar-refractivity contribution is 5.96. The van der Waals surface area contributed by atoms with Gasteiger partial charge in [0, 0.05) is 80.7 Å². The number of hydrogen-bond donors (Lipinski definition) is 0. The maximum absolute atomic E-state index is 12.9. The van der Waals surface area contributed by atoms with Gasteiger partial charge in [-0.3, -0.25) is 4.79 Å². The Hall–Kier alpha value is -3.89. The maximum atomic E-state index is 12.9. The van der Waals surface area contributed by atoms with Crippen molar-refractivity contribution in [1.82, 2.24) is 39.6 Å². The molecule has 0 radical (unpaired) electrons. The quantitative estimate of drug-likeness (QED) is 0.288. The van der Waals surface area contributed by atoms with E-state index in [1.54, 1.807) is 32.6 Å². The zero-order valence-electron chi connectivity index (χ0n) is 26.1. The van der Waals surface area contributed by atoms with E-state index in [0.717, 1.165) is 44.1 Å². The molecule has 16 heteroatoms. The molecule has 238 valence electrons. The molecule has 0 atom stereocenters. The van der Waals surface area contributed by atoms with Crippen molar-refractivity contribution in [2.24, 2.45) is 0 Å². The van der Waals surface area contributed by atoms with Gasteiger partial charge in [0.05, 0.1) is 32.4 Å². The first-order valence-electron chi connectivity index (χ1n) is 15.2. The van der Waals surface area contributed by atoms with Gasteiger partial charge in [-0.2, -0.15) is 9.97 Å². The third kappa shape index (κ3) is 6.19. The average molecular weight is 611 g/mol. The molecular formula is C28H42N12O4. The SMILES string of the molecule is COCCN(CCOC)c1nc(N2CCN(C)C(=O)C2)c2nc(N3CCn4cnnc4C3)nc(N3CCC(OC)CC3)c2n1. The molecule has 0 N–H and O–H groups in total. The topological polar surface area (TPSA) is 143 Å². The number of carbonyl (C=O) groups is 1. The van der Waals surface area contributed by atoms with Crippen molar-refractivity contribution < 1.29 is 19.0 Å². The minimum Gasteiger partial charge on any atom is -0.383 e. The van der Waals surface area contributed by atoms with Gasteiger partial charge < -0.3 is 43.3 Å². The number of nitrogens with zero attached hydrogens (tertiary/aromatic N) is 12. The summed E-state index contributed by atoms with van der Waals surface area (Å²) in [5.41, 5.74) is 1.29. The summed E-state index contributed by atoms with van der Waals surface area (Å²) in [6, 6.07) is 0. The van der Waals surface area contributed by atoms with E-state index < -0.39 is 0 Å². The van der Waals surface area contributed by atoms with Crippen LogP contribution in [-0.2, 0) is 32.1 Å². The van der Waals surface area contributed by atoms with Crippen LogP contribution in [0.3, 0.4) is 0 Å². The van der Waals surface area contributed by atoms with Crippen molar-refractivity contribution in [2.75, 3.05) is 114 Å². The molecule has 0 aromatic carbocycles. The minimum absolute atomic E-state index is 0.0340. The predicted octanol–water partition coefficient (Wildman–Crippen LogP) is 0.0243. The normalized spacial score (nSPS) is 18.0. The molecule has 3 aliphatic rings. The van der Waals surface area contributed by atoms with Crippen LogP contribution in [0.1, 0.15) is 18.7 Å². The highest BCUT2D eigenvalue weighted by Gasteiger charge is 2.31. The van der Waals surface area contributed by atoms with Crippen LogP contribution in [-0.4, -0.2) is 146 Å². The Morgan fingerprint density at radius 1 is 0.818 bits per heavy atom. The number of piperazine rings is 1. The van der Waals surface area contributed by atoms with Gasteiger partial charge in [0.15, 0.2) is 17.5 Å². The molecule has 3 aliphatic heterocycles. The summed E-state index contributed by atoms with van der Waals surface area (Å²) >= 11 is 0. The number of carbonyl (C=O) groups excluding carboxylic acids is 1. The fourth-order valence-corrected chi connectivity index (χ4v) is 5.88. The number of likely N-dealkylation sites (N-methyl/N-ethyl adjacent to an activating group) is 1. The molecule has 6 rings (SSSR count). The van der Waals surface area contributed by atoms with E-state index in [1.807, 2.05) is 11.9 Å². The lowest BCUT2D eigenvalue weighted by molar-refractivity contribution is -0.129. The van der Waals surface area contributed by atoms with Crippen molar-refractivity contribution >= 4 is 40.5 Å². The summed E-state index contributed by atoms with van der Waals surface area (Å²) in [6.07, 6.45) is 3.74. The van der Waals surface area contributed by atoms with Crippen LogP contribution in [0.15, 0.2) is 6.33 Å². The highest BCUT2D eigenvalue weighted by atomic mass is 16.5. The summed E-state index contributed by atoms with van der Waals surface area (Å²) in [6.45, 7) is 7.13. The van der Waals surface area contributed by atoms with Gasteiger partial charge in [-0.1, -0.05) is 0 Å². The lowest BCUT2D eigenvalue weighted by Gasteiger charge is -2.36. The Morgan fingerprint density at radius 3 is 2.23 bits per heavy atom. The lowest BCUT2D eigenvalue weighted by atomic mass is 10.1. The van der Waals surface area contributed by atoms with Crippen molar-refractivity contribution in [1.29, 1.82) is 0 Å². The molecular weight excluding hydrogens is 568 g/mol. The second-order valence-electron chi connectivity index (χ2n) is 11.4. The largest absolute Gasteiger partial charge is 0.383 e. The Morgan fingerprint density at radius 2 is 1.52 bits per heavy atom. The molecule has 16 nitrogen and oxygen atoms in total. The van der Waals surface area contributed by atoms with E-state index in [2.05, 4.69) is 29.5 Å². The summed E-state index contributed by atoms with van der Waals surface area (Å²) < 4.78 is 18.6. The lowest BCUT2D eigenvalue weighted by Crippen LogP contribution is -2.49. The molecule has 6 heterocycles. The van der Waals surface area contributed by atoms with Crippen LogP contribution in [0.2, 0.25) is 0 Å². The molecule has 0 saturated carbocycles. The van der Waals surface area contributed by atoms with Crippen molar-refractivity contribution in [3.8, 4) is 0 Å². The minimum atomic E-state index is 0.0340.